The first-order chi connectivity index (χ1) is 10.2. The molecule has 4 rings (SSSR count). The van der Waals surface area contributed by atoms with Crippen LogP contribution in [0.5, 0.6) is 0 Å². The lowest BCUT2D eigenvalue weighted by molar-refractivity contribution is 0.560. The molecule has 0 saturated heterocycles. The zero-order valence-electron chi connectivity index (χ0n) is 11.8. The Morgan fingerprint density at radius 1 is 1.05 bits per heavy atom. The van der Waals surface area contributed by atoms with Crippen LogP contribution in [-0.4, -0.2) is 6.54 Å². The summed E-state index contributed by atoms with van der Waals surface area (Å²) in [5.74, 6) is 0. The average molecular weight is 277 g/mol. The Labute approximate surface area is 122 Å². The highest BCUT2D eigenvalue weighted by atomic mass is 16.4. The Morgan fingerprint density at radius 2 is 1.86 bits per heavy atom. The third-order valence-corrected chi connectivity index (χ3v) is 4.10. The maximum absolute atomic E-state index is 11.5. The van der Waals surface area contributed by atoms with E-state index in [1.54, 1.807) is 0 Å². The highest BCUT2D eigenvalue weighted by molar-refractivity contribution is 5.85. The van der Waals surface area contributed by atoms with Gasteiger partial charge in [0.2, 0.25) is 0 Å². The Morgan fingerprint density at radius 3 is 2.76 bits per heavy atom. The molecule has 1 aliphatic heterocycles. The second-order valence-electron chi connectivity index (χ2n) is 5.51. The highest BCUT2D eigenvalue weighted by Crippen LogP contribution is 2.30. The molecule has 0 unspecified atom stereocenters. The van der Waals surface area contributed by atoms with E-state index in [0.29, 0.717) is 5.58 Å². The van der Waals surface area contributed by atoms with Crippen LogP contribution in [0.1, 0.15) is 11.1 Å². The van der Waals surface area contributed by atoms with Gasteiger partial charge in [0.05, 0.1) is 0 Å². The molecule has 1 N–H and O–H groups in total. The second kappa shape index (κ2) is 4.48. The number of rotatable bonds is 1. The molecule has 1 aromatic heterocycles. The van der Waals surface area contributed by atoms with Crippen molar-refractivity contribution < 1.29 is 4.42 Å². The van der Waals surface area contributed by atoms with Gasteiger partial charge in [-0.05, 0) is 53.8 Å². The smallest absolute Gasteiger partial charge is 0.336 e. The van der Waals surface area contributed by atoms with E-state index >= 15 is 0 Å². The van der Waals surface area contributed by atoms with Gasteiger partial charge >= 0.3 is 5.63 Å². The predicted octanol–water partition coefficient (Wildman–Crippen LogP) is 3.74. The Kier molecular flexibility index (Phi) is 2.61. The number of fused-ring (bicyclic) bond motifs is 2. The molecule has 0 radical (unpaired) electrons. The second-order valence-corrected chi connectivity index (χ2v) is 5.51. The van der Waals surface area contributed by atoms with E-state index in [1.807, 2.05) is 19.1 Å². The largest absolute Gasteiger partial charge is 0.423 e. The van der Waals surface area contributed by atoms with E-state index in [2.05, 4.69) is 29.6 Å². The van der Waals surface area contributed by atoms with E-state index in [9.17, 15) is 4.79 Å². The minimum atomic E-state index is -0.296. The summed E-state index contributed by atoms with van der Waals surface area (Å²) in [4.78, 5) is 11.5. The SMILES string of the molecule is Cc1cc(=O)oc2cc(-c3ccc4c(c3)CCN4)ccc12. The molecule has 0 saturated carbocycles. The van der Waals surface area contributed by atoms with Gasteiger partial charge in [-0.2, -0.15) is 0 Å². The van der Waals surface area contributed by atoms with Crippen molar-refractivity contribution in [1.29, 1.82) is 0 Å². The minimum absolute atomic E-state index is 0.296. The first-order valence-corrected chi connectivity index (χ1v) is 7.12. The van der Waals surface area contributed by atoms with Crippen LogP contribution in [0, 0.1) is 6.92 Å². The molecule has 3 heteroatoms. The number of aryl methyl sites for hydroxylation is 1. The molecule has 3 nitrogen and oxygen atoms in total. The van der Waals surface area contributed by atoms with Crippen molar-refractivity contribution in [3.8, 4) is 11.1 Å². The molecule has 0 atom stereocenters. The number of hydrogen-bond acceptors (Lipinski definition) is 3. The number of nitrogens with one attached hydrogen (secondary N) is 1. The van der Waals surface area contributed by atoms with Gasteiger partial charge in [-0.25, -0.2) is 4.79 Å². The standard InChI is InChI=1S/C18H15NO2/c1-11-8-18(20)21-17-10-13(2-4-15(11)17)12-3-5-16-14(9-12)6-7-19-16/h2-5,8-10,19H,6-7H2,1H3. The van der Waals surface area contributed by atoms with E-state index < -0.39 is 0 Å². The summed E-state index contributed by atoms with van der Waals surface area (Å²) in [6, 6.07) is 14.0. The van der Waals surface area contributed by atoms with E-state index in [0.717, 1.165) is 35.0 Å². The third-order valence-electron chi connectivity index (χ3n) is 4.10. The van der Waals surface area contributed by atoms with Crippen molar-refractivity contribution in [3.63, 3.8) is 0 Å². The quantitative estimate of drug-likeness (QED) is 0.689. The molecule has 0 fully saturated rings. The van der Waals surface area contributed by atoms with Gasteiger partial charge in [-0.1, -0.05) is 18.2 Å². The van der Waals surface area contributed by atoms with Gasteiger partial charge in [0.15, 0.2) is 0 Å². The van der Waals surface area contributed by atoms with E-state index in [1.165, 1.54) is 17.3 Å². The van der Waals surface area contributed by atoms with Crippen LogP contribution in [0.15, 0.2) is 51.7 Å². The highest BCUT2D eigenvalue weighted by Gasteiger charge is 2.11. The summed E-state index contributed by atoms with van der Waals surface area (Å²) in [5, 5.41) is 4.35. The van der Waals surface area contributed by atoms with Gasteiger partial charge < -0.3 is 9.73 Å². The molecule has 21 heavy (non-hydrogen) atoms. The molecule has 0 spiro atoms. The summed E-state index contributed by atoms with van der Waals surface area (Å²) >= 11 is 0. The van der Waals surface area contributed by atoms with Crippen LogP contribution in [0.4, 0.5) is 5.69 Å². The number of anilines is 1. The van der Waals surface area contributed by atoms with Gasteiger partial charge in [0.1, 0.15) is 5.58 Å². The van der Waals surface area contributed by atoms with Crippen molar-refractivity contribution in [2.24, 2.45) is 0 Å². The van der Waals surface area contributed by atoms with Crippen LogP contribution in [0.3, 0.4) is 0 Å². The van der Waals surface area contributed by atoms with Crippen LogP contribution in [-0.2, 0) is 6.42 Å². The maximum atomic E-state index is 11.5. The molecule has 0 amide bonds. The Bertz CT molecular complexity index is 909. The average Bonchev–Trinajstić information content (AvgIpc) is 2.93. The van der Waals surface area contributed by atoms with Gasteiger partial charge in [0.25, 0.3) is 0 Å². The van der Waals surface area contributed by atoms with Crippen LogP contribution >= 0.6 is 0 Å². The van der Waals surface area contributed by atoms with Gasteiger partial charge in [0, 0.05) is 23.7 Å². The monoisotopic (exact) mass is 277 g/mol. The zero-order valence-corrected chi connectivity index (χ0v) is 11.8. The third kappa shape index (κ3) is 2.02. The Hall–Kier alpha value is -2.55. The molecule has 3 aromatic rings. The summed E-state index contributed by atoms with van der Waals surface area (Å²) < 4.78 is 5.33. The van der Waals surface area contributed by atoms with Crippen molar-refractivity contribution in [3.05, 3.63) is 64.0 Å². The van der Waals surface area contributed by atoms with Gasteiger partial charge in [-0.3, -0.25) is 0 Å². The van der Waals surface area contributed by atoms with E-state index in [4.69, 9.17) is 4.42 Å². The molecular formula is C18H15NO2. The van der Waals surface area contributed by atoms with Crippen molar-refractivity contribution in [2.45, 2.75) is 13.3 Å². The lowest BCUT2D eigenvalue weighted by Gasteiger charge is -2.07. The molecule has 2 heterocycles. The summed E-state index contributed by atoms with van der Waals surface area (Å²) in [5.41, 5.74) is 6.10. The molecular weight excluding hydrogens is 262 g/mol. The lowest BCUT2D eigenvalue weighted by Crippen LogP contribution is -1.97. The summed E-state index contributed by atoms with van der Waals surface area (Å²) in [6.07, 6.45) is 1.06. The van der Waals surface area contributed by atoms with Crippen molar-refractivity contribution >= 4 is 16.7 Å². The Balaban J connectivity index is 1.89. The molecule has 1 aliphatic rings. The topological polar surface area (TPSA) is 42.2 Å². The van der Waals surface area contributed by atoms with Crippen LogP contribution < -0.4 is 10.9 Å². The summed E-state index contributed by atoms with van der Waals surface area (Å²) in [7, 11) is 0. The minimum Gasteiger partial charge on any atom is -0.423 e. The fourth-order valence-electron chi connectivity index (χ4n) is 2.99. The van der Waals surface area contributed by atoms with Gasteiger partial charge in [-0.15, -0.1) is 0 Å². The molecule has 0 bridgehead atoms. The molecule has 2 aromatic carbocycles. The predicted molar refractivity (Wildman–Crippen MR) is 84.9 cm³/mol. The number of hydrogen-bond donors (Lipinski definition) is 1. The maximum Gasteiger partial charge on any atom is 0.336 e. The molecule has 104 valence electrons. The van der Waals surface area contributed by atoms with Crippen LogP contribution in [0.25, 0.3) is 22.1 Å². The fourth-order valence-corrected chi connectivity index (χ4v) is 2.99. The first kappa shape index (κ1) is 12.2. The lowest BCUT2D eigenvalue weighted by atomic mass is 10.00. The fraction of sp³-hybridized carbons (Fsp3) is 0.167. The van der Waals surface area contributed by atoms with Crippen LogP contribution in [0.2, 0.25) is 0 Å². The van der Waals surface area contributed by atoms with Crippen molar-refractivity contribution in [2.75, 3.05) is 11.9 Å². The van der Waals surface area contributed by atoms with E-state index in [-0.39, 0.29) is 5.63 Å². The van der Waals surface area contributed by atoms with Crippen molar-refractivity contribution in [1.82, 2.24) is 0 Å². The first-order valence-electron chi connectivity index (χ1n) is 7.12. The number of benzene rings is 2. The summed E-state index contributed by atoms with van der Waals surface area (Å²) in [6.45, 7) is 2.94. The zero-order chi connectivity index (χ0) is 14.4. The normalized spacial score (nSPS) is 13.2. The molecule has 0 aliphatic carbocycles.